The van der Waals surface area contributed by atoms with E-state index in [2.05, 4.69) is 50.5 Å². The van der Waals surface area contributed by atoms with E-state index in [9.17, 15) is 20.2 Å². The molecule has 0 radical (unpaired) electrons. The fourth-order valence-corrected chi connectivity index (χ4v) is 0.632. The monoisotopic (exact) mass is 473 g/mol. The van der Waals surface area contributed by atoms with Crippen molar-refractivity contribution in [1.82, 2.24) is 0 Å². The maximum Gasteiger partial charge on any atom is 2.00 e. The Morgan fingerprint density at radius 2 is 1.07 bits per heavy atom. The molecular weight excluding hydrogens is 463 g/mol. The standard InChI is InChI=1S/2C2H3NO2S2.Pt/c2*4-3(5)1-2(6)7;/h2*1,6-7H;/q;;+2/p+4. The van der Waals surface area contributed by atoms with Crippen LogP contribution in [0, 0.1) is 20.2 Å². The first-order valence-electron chi connectivity index (χ1n) is 2.82. The van der Waals surface area contributed by atoms with Crippen LogP contribution < -0.4 is 0 Å². The van der Waals surface area contributed by atoms with Gasteiger partial charge in [0.2, 0.25) is 0 Å². The molecule has 0 aromatic heterocycles. The van der Waals surface area contributed by atoms with Crippen molar-refractivity contribution in [2.75, 3.05) is 0 Å². The van der Waals surface area contributed by atoms with Crippen LogP contribution in [-0.4, -0.2) is 9.85 Å². The minimum atomic E-state index is -0.560. The van der Waals surface area contributed by atoms with Crippen molar-refractivity contribution >= 4 is 50.5 Å². The van der Waals surface area contributed by atoms with E-state index in [1.54, 1.807) is 0 Å². The molecule has 0 bridgehead atoms. The zero-order valence-electron chi connectivity index (χ0n) is 7.00. The molecule has 15 heavy (non-hydrogen) atoms. The first kappa shape index (κ1) is 20.7. The first-order chi connectivity index (χ1) is 6.25. The Labute approximate surface area is 122 Å². The summed E-state index contributed by atoms with van der Waals surface area (Å²) in [5.74, 6) is 0. The van der Waals surface area contributed by atoms with Crippen LogP contribution in [0.15, 0.2) is 20.9 Å². The maximum atomic E-state index is 9.48. The average Bonchev–Trinajstić information content (AvgIpc) is 1.79. The van der Waals surface area contributed by atoms with Crippen molar-refractivity contribution in [2.24, 2.45) is 0 Å². The third-order valence-corrected chi connectivity index (χ3v) is 0.985. The molecular formula is C4H10N2O4PtS4+6. The van der Waals surface area contributed by atoms with Gasteiger partial charge in [-0.25, -0.2) is 0 Å². The molecule has 0 rings (SSSR count). The number of hydrogen-bond donors (Lipinski definition) is 0. The van der Waals surface area contributed by atoms with Crippen LogP contribution in [0.4, 0.5) is 0 Å². The van der Waals surface area contributed by atoms with Gasteiger partial charge in [-0.15, -0.1) is 0 Å². The Bertz CT molecular complexity index is 246. The summed E-state index contributed by atoms with van der Waals surface area (Å²) in [5, 5.41) is 19.0. The van der Waals surface area contributed by atoms with Gasteiger partial charge in [0.05, 0.1) is 9.85 Å². The Hall–Kier alpha value is 0.368. The van der Waals surface area contributed by atoms with Gasteiger partial charge in [0.25, 0.3) is 0 Å². The van der Waals surface area contributed by atoms with Crippen LogP contribution in [0.1, 0.15) is 0 Å². The smallest absolute Gasteiger partial charge is 0.259 e. The summed E-state index contributed by atoms with van der Waals surface area (Å²) >= 11 is 11.4. The molecule has 0 aliphatic carbocycles. The van der Waals surface area contributed by atoms with Gasteiger partial charge in [0.1, 0.15) is 0 Å². The molecule has 0 aromatic rings. The van der Waals surface area contributed by atoms with E-state index in [4.69, 9.17) is 0 Å². The van der Waals surface area contributed by atoms with E-state index in [-0.39, 0.29) is 21.1 Å². The second-order valence-electron chi connectivity index (χ2n) is 1.66. The van der Waals surface area contributed by atoms with Gasteiger partial charge in [-0.3, -0.25) is 20.2 Å². The quantitative estimate of drug-likeness (QED) is 0.268. The normalized spacial score (nSPS) is 7.20. The second kappa shape index (κ2) is 12.4. The summed E-state index contributed by atoms with van der Waals surface area (Å²) < 4.78 is 0.648. The number of hydrogen-bond acceptors (Lipinski definition) is 4. The minimum Gasteiger partial charge on any atom is -0.259 e. The van der Waals surface area contributed by atoms with E-state index in [1.807, 2.05) is 0 Å². The van der Waals surface area contributed by atoms with E-state index in [1.165, 1.54) is 0 Å². The molecule has 0 N–H and O–H groups in total. The zero-order chi connectivity index (χ0) is 11.7. The van der Waals surface area contributed by atoms with Gasteiger partial charge in [-0.1, -0.05) is 0 Å². The van der Waals surface area contributed by atoms with Gasteiger partial charge in [0.15, 0.2) is 0 Å². The van der Waals surface area contributed by atoms with Crippen molar-refractivity contribution in [3.63, 3.8) is 0 Å². The predicted octanol–water partition coefficient (Wildman–Crippen LogP) is -1.83. The molecule has 0 atom stereocenters. The van der Waals surface area contributed by atoms with Crippen molar-refractivity contribution in [1.29, 1.82) is 0 Å². The van der Waals surface area contributed by atoms with Gasteiger partial charge < -0.3 is 0 Å². The average molecular weight is 473 g/mol. The molecule has 0 unspecified atom stereocenters. The molecule has 11 heteroatoms. The number of rotatable bonds is 2. The molecule has 0 spiro atoms. The fraction of sp³-hybridized carbons (Fsp3) is 0. The van der Waals surface area contributed by atoms with E-state index in [0.29, 0.717) is 8.47 Å². The Morgan fingerprint density at radius 1 is 0.867 bits per heavy atom. The summed E-state index contributed by atoms with van der Waals surface area (Å²) in [6, 6.07) is 0. The third-order valence-electron chi connectivity index (χ3n) is 0.469. The first-order valence-corrected chi connectivity index (χ1v) is 4.82. The summed E-state index contributed by atoms with van der Waals surface area (Å²) in [6.45, 7) is 0. The van der Waals surface area contributed by atoms with Crippen LogP contribution in [0.25, 0.3) is 0 Å². The molecule has 0 saturated heterocycles. The Balaban J connectivity index is -0.000000180. The number of nitrogens with zero attached hydrogens (tertiary/aromatic N) is 2. The van der Waals surface area contributed by atoms with E-state index >= 15 is 0 Å². The molecule has 0 saturated carbocycles. The Morgan fingerprint density at radius 3 is 1.07 bits per heavy atom. The molecule has 0 fully saturated rings. The SMILES string of the molecule is O=[N+]([O-])C=C([SH2+])[SH2+].O=[N+]([O-])C=C([SH2+])[SH2+].[Pt+2]. The minimum absolute atomic E-state index is 0. The second-order valence-corrected chi connectivity index (χ2v) is 4.81. The van der Waals surface area contributed by atoms with Crippen LogP contribution in [0.2, 0.25) is 0 Å². The topological polar surface area (TPSA) is 86.3 Å². The molecule has 88 valence electrons. The molecule has 6 nitrogen and oxygen atoms in total. The summed E-state index contributed by atoms with van der Waals surface area (Å²) in [5.41, 5.74) is 0. The van der Waals surface area contributed by atoms with Crippen LogP contribution in [0.5, 0.6) is 0 Å². The van der Waals surface area contributed by atoms with Gasteiger partial charge >= 0.3 is 41.9 Å². The predicted molar refractivity (Wildman–Crippen MR) is 70.8 cm³/mol. The summed E-state index contributed by atoms with van der Waals surface area (Å²) in [7, 11) is 0. The zero-order valence-corrected chi connectivity index (χ0v) is 13.3. The van der Waals surface area contributed by atoms with Crippen molar-refractivity contribution in [3.05, 3.63) is 41.1 Å². The summed E-state index contributed by atoms with van der Waals surface area (Å²) in [6.07, 6.45) is 1.60. The number of nitro groups is 2. The molecule has 0 aliphatic heterocycles. The fourth-order valence-electron chi connectivity index (χ4n) is 0.211. The van der Waals surface area contributed by atoms with Crippen LogP contribution in [-0.2, 0) is 71.6 Å². The van der Waals surface area contributed by atoms with E-state index in [0.717, 1.165) is 12.4 Å². The van der Waals surface area contributed by atoms with Gasteiger partial charge in [0, 0.05) is 50.5 Å². The molecule has 0 aliphatic rings. The molecule has 0 aromatic carbocycles. The molecule has 0 amide bonds. The van der Waals surface area contributed by atoms with Gasteiger partial charge in [-0.05, 0) is 0 Å². The molecule has 0 heterocycles. The van der Waals surface area contributed by atoms with Crippen molar-refractivity contribution < 1.29 is 30.9 Å². The van der Waals surface area contributed by atoms with Crippen LogP contribution in [0.3, 0.4) is 0 Å². The van der Waals surface area contributed by atoms with Crippen molar-refractivity contribution in [2.45, 2.75) is 0 Å². The largest absolute Gasteiger partial charge is 2.00 e. The van der Waals surface area contributed by atoms with E-state index < -0.39 is 9.85 Å². The van der Waals surface area contributed by atoms with Crippen molar-refractivity contribution in [3.8, 4) is 0 Å². The summed E-state index contributed by atoms with van der Waals surface area (Å²) in [4.78, 5) is 17.8. The third kappa shape index (κ3) is 31.4. The van der Waals surface area contributed by atoms with Gasteiger partial charge in [-0.2, -0.15) is 0 Å². The van der Waals surface area contributed by atoms with Crippen LogP contribution >= 0.6 is 0 Å². The maximum absolute atomic E-state index is 9.48. The Kier molecular flexibility index (Phi) is 17.2.